The van der Waals surface area contributed by atoms with Crippen LogP contribution in [-0.4, -0.2) is 33.8 Å². The highest BCUT2D eigenvalue weighted by Gasteiger charge is 2.36. The molecule has 21 heavy (non-hydrogen) atoms. The zero-order valence-electron chi connectivity index (χ0n) is 12.4. The van der Waals surface area contributed by atoms with Crippen molar-refractivity contribution in [3.8, 4) is 0 Å². The predicted octanol–water partition coefficient (Wildman–Crippen LogP) is 2.89. The number of nitrogens with zero attached hydrogens (tertiary/aromatic N) is 2. The molecule has 1 aromatic heterocycles. The van der Waals surface area contributed by atoms with Crippen LogP contribution in [0.3, 0.4) is 0 Å². The molecule has 0 bridgehead atoms. The number of hydrogen-bond acceptors (Lipinski definition) is 5. The number of rotatable bonds is 7. The standard InChI is InChI=1S/C13H21F3N4O/c1-4-12(3,6-7-21)20-10-8-9(17-5-2)18-11(19-10)13(14,15)16/h8,21H,4-7H2,1-3H3,(H2,17,18,19,20). The lowest BCUT2D eigenvalue weighted by Gasteiger charge is -2.30. The summed E-state index contributed by atoms with van der Waals surface area (Å²) in [6.45, 7) is 5.87. The Balaban J connectivity index is 3.13. The maximum absolute atomic E-state index is 12.8. The second kappa shape index (κ2) is 6.93. The topological polar surface area (TPSA) is 70.1 Å². The Labute approximate surface area is 122 Å². The van der Waals surface area contributed by atoms with Gasteiger partial charge in [0.2, 0.25) is 5.82 Å². The molecule has 0 amide bonds. The number of nitrogens with one attached hydrogen (secondary N) is 2. The van der Waals surface area contributed by atoms with Crippen LogP contribution in [0.25, 0.3) is 0 Å². The Bertz CT molecular complexity index is 467. The average molecular weight is 306 g/mol. The van der Waals surface area contributed by atoms with E-state index >= 15 is 0 Å². The van der Waals surface area contributed by atoms with Crippen LogP contribution >= 0.6 is 0 Å². The van der Waals surface area contributed by atoms with Gasteiger partial charge in [0.1, 0.15) is 11.6 Å². The van der Waals surface area contributed by atoms with E-state index in [9.17, 15) is 13.2 Å². The largest absolute Gasteiger partial charge is 0.451 e. The Kier molecular flexibility index (Phi) is 5.77. The molecular formula is C13H21F3N4O. The van der Waals surface area contributed by atoms with Crippen LogP contribution < -0.4 is 10.6 Å². The van der Waals surface area contributed by atoms with Crippen molar-refractivity contribution in [3.63, 3.8) is 0 Å². The summed E-state index contributed by atoms with van der Waals surface area (Å²) in [5.41, 5.74) is -0.532. The van der Waals surface area contributed by atoms with Gasteiger partial charge >= 0.3 is 6.18 Å². The van der Waals surface area contributed by atoms with Crippen molar-refractivity contribution in [1.29, 1.82) is 0 Å². The van der Waals surface area contributed by atoms with Crippen LogP contribution in [0.5, 0.6) is 0 Å². The van der Waals surface area contributed by atoms with E-state index in [2.05, 4.69) is 20.6 Å². The van der Waals surface area contributed by atoms with Gasteiger partial charge in [0.25, 0.3) is 0 Å². The fourth-order valence-corrected chi connectivity index (χ4v) is 1.79. The van der Waals surface area contributed by atoms with E-state index in [4.69, 9.17) is 5.11 Å². The quantitative estimate of drug-likeness (QED) is 0.722. The van der Waals surface area contributed by atoms with E-state index in [-0.39, 0.29) is 18.2 Å². The number of halogens is 3. The minimum absolute atomic E-state index is 0.0609. The second-order valence-electron chi connectivity index (χ2n) is 5.00. The molecule has 120 valence electrons. The molecule has 5 nitrogen and oxygen atoms in total. The van der Waals surface area contributed by atoms with E-state index in [0.717, 1.165) is 0 Å². The molecule has 0 aliphatic heterocycles. The van der Waals surface area contributed by atoms with E-state index < -0.39 is 17.5 Å². The van der Waals surface area contributed by atoms with E-state index in [1.165, 1.54) is 6.07 Å². The third-order valence-corrected chi connectivity index (χ3v) is 3.21. The Morgan fingerprint density at radius 3 is 2.29 bits per heavy atom. The molecule has 0 aromatic carbocycles. The lowest BCUT2D eigenvalue weighted by molar-refractivity contribution is -0.144. The molecule has 8 heteroatoms. The van der Waals surface area contributed by atoms with Crippen molar-refractivity contribution >= 4 is 11.6 Å². The average Bonchev–Trinajstić information content (AvgIpc) is 2.38. The third-order valence-electron chi connectivity index (χ3n) is 3.21. The molecular weight excluding hydrogens is 285 g/mol. The van der Waals surface area contributed by atoms with Crippen LogP contribution in [0.1, 0.15) is 39.4 Å². The summed E-state index contributed by atoms with van der Waals surface area (Å²) < 4.78 is 38.5. The molecule has 1 aromatic rings. The molecule has 0 radical (unpaired) electrons. The first-order valence-electron chi connectivity index (χ1n) is 6.83. The predicted molar refractivity (Wildman–Crippen MR) is 75.2 cm³/mol. The number of alkyl halides is 3. The fourth-order valence-electron chi connectivity index (χ4n) is 1.79. The first-order valence-corrected chi connectivity index (χ1v) is 6.83. The van der Waals surface area contributed by atoms with Crippen LogP contribution in [0.2, 0.25) is 0 Å². The molecule has 0 spiro atoms. The molecule has 1 atom stereocenters. The van der Waals surface area contributed by atoms with Gasteiger partial charge in [-0.1, -0.05) is 6.92 Å². The van der Waals surface area contributed by atoms with Gasteiger partial charge in [-0.3, -0.25) is 0 Å². The summed E-state index contributed by atoms with van der Waals surface area (Å²) in [4.78, 5) is 6.99. The van der Waals surface area contributed by atoms with Crippen molar-refractivity contribution in [2.45, 2.75) is 45.3 Å². The van der Waals surface area contributed by atoms with Gasteiger partial charge in [-0.2, -0.15) is 13.2 Å². The smallest absolute Gasteiger partial charge is 0.396 e. The minimum atomic E-state index is -4.61. The second-order valence-corrected chi connectivity index (χ2v) is 5.00. The summed E-state index contributed by atoms with van der Waals surface area (Å²) in [6, 6.07) is 1.43. The number of anilines is 2. The summed E-state index contributed by atoms with van der Waals surface area (Å²) in [5, 5.41) is 14.8. The normalized spacial score (nSPS) is 14.6. The van der Waals surface area contributed by atoms with Crippen molar-refractivity contribution < 1.29 is 18.3 Å². The van der Waals surface area contributed by atoms with Crippen molar-refractivity contribution in [2.75, 3.05) is 23.8 Å². The lowest BCUT2D eigenvalue weighted by Crippen LogP contribution is -2.35. The summed E-state index contributed by atoms with van der Waals surface area (Å²) in [6.07, 6.45) is -3.57. The minimum Gasteiger partial charge on any atom is -0.396 e. The van der Waals surface area contributed by atoms with E-state index in [1.807, 2.05) is 13.8 Å². The van der Waals surface area contributed by atoms with Gasteiger partial charge in [-0.15, -0.1) is 0 Å². The maximum Gasteiger partial charge on any atom is 0.451 e. The molecule has 3 N–H and O–H groups in total. The van der Waals surface area contributed by atoms with Gasteiger partial charge in [0, 0.05) is 24.8 Å². The highest BCUT2D eigenvalue weighted by molar-refractivity contribution is 5.49. The van der Waals surface area contributed by atoms with Gasteiger partial charge in [-0.25, -0.2) is 9.97 Å². The number of aliphatic hydroxyl groups is 1. The van der Waals surface area contributed by atoms with Crippen molar-refractivity contribution in [1.82, 2.24) is 9.97 Å². The highest BCUT2D eigenvalue weighted by atomic mass is 19.4. The highest BCUT2D eigenvalue weighted by Crippen LogP contribution is 2.29. The van der Waals surface area contributed by atoms with Crippen LogP contribution in [0.4, 0.5) is 24.8 Å². The van der Waals surface area contributed by atoms with Crippen LogP contribution in [0, 0.1) is 0 Å². The Morgan fingerprint density at radius 2 is 1.81 bits per heavy atom. The summed E-state index contributed by atoms with van der Waals surface area (Å²) >= 11 is 0. The monoisotopic (exact) mass is 306 g/mol. The number of hydrogen-bond donors (Lipinski definition) is 3. The van der Waals surface area contributed by atoms with E-state index in [0.29, 0.717) is 19.4 Å². The molecule has 0 aliphatic carbocycles. The first-order chi connectivity index (χ1) is 9.74. The summed E-state index contributed by atoms with van der Waals surface area (Å²) in [5.74, 6) is -0.984. The molecule has 0 fully saturated rings. The number of aromatic nitrogens is 2. The Morgan fingerprint density at radius 1 is 1.19 bits per heavy atom. The van der Waals surface area contributed by atoms with Crippen LogP contribution in [-0.2, 0) is 6.18 Å². The Hall–Kier alpha value is -1.57. The lowest BCUT2D eigenvalue weighted by atomic mass is 9.95. The van der Waals surface area contributed by atoms with Gasteiger partial charge in [0.05, 0.1) is 0 Å². The fraction of sp³-hybridized carbons (Fsp3) is 0.692. The molecule has 1 heterocycles. The van der Waals surface area contributed by atoms with E-state index in [1.54, 1.807) is 6.92 Å². The van der Waals surface area contributed by atoms with Crippen molar-refractivity contribution in [3.05, 3.63) is 11.9 Å². The van der Waals surface area contributed by atoms with Gasteiger partial charge < -0.3 is 15.7 Å². The maximum atomic E-state index is 12.8. The van der Waals surface area contributed by atoms with Gasteiger partial charge in [-0.05, 0) is 26.7 Å². The number of aliphatic hydroxyl groups excluding tert-OH is 1. The molecule has 0 aliphatic rings. The SMILES string of the molecule is CCNc1cc(NC(C)(CC)CCO)nc(C(F)(F)F)n1. The van der Waals surface area contributed by atoms with Crippen LogP contribution in [0.15, 0.2) is 6.07 Å². The first kappa shape index (κ1) is 17.5. The molecule has 1 unspecified atom stereocenters. The molecule has 1 rings (SSSR count). The van der Waals surface area contributed by atoms with Gasteiger partial charge in [0.15, 0.2) is 0 Å². The molecule has 0 saturated heterocycles. The molecule has 0 saturated carbocycles. The third kappa shape index (κ3) is 5.04. The van der Waals surface area contributed by atoms with Crippen molar-refractivity contribution in [2.24, 2.45) is 0 Å². The zero-order chi connectivity index (χ0) is 16.1. The summed E-state index contributed by atoms with van der Waals surface area (Å²) in [7, 11) is 0. The zero-order valence-corrected chi connectivity index (χ0v) is 12.4.